The van der Waals surface area contributed by atoms with E-state index in [1.54, 1.807) is 17.0 Å². The molecule has 0 unspecified atom stereocenters. The van der Waals surface area contributed by atoms with Gasteiger partial charge in [-0.25, -0.2) is 0 Å². The quantitative estimate of drug-likeness (QED) is 0.414. The number of nitro groups is 1. The van der Waals surface area contributed by atoms with Gasteiger partial charge in [-0.2, -0.15) is 5.26 Å². The molecular weight excluding hydrogens is 350 g/mol. The standard InChI is InChI=1S/C19H19N3O3S/c1-14-4-5-17(12-15(14)2)21(11-3-10-20)19(23)13-26-18-8-6-16(7-9-18)22(24)25/h4-9,12H,3,11,13H2,1-2H3. The average molecular weight is 369 g/mol. The molecule has 0 saturated carbocycles. The van der Waals surface area contributed by atoms with E-state index < -0.39 is 4.92 Å². The van der Waals surface area contributed by atoms with Crippen LogP contribution in [0.15, 0.2) is 47.4 Å². The fraction of sp³-hybridized carbons (Fsp3) is 0.263. The smallest absolute Gasteiger partial charge is 0.269 e. The molecule has 7 heteroatoms. The molecule has 0 saturated heterocycles. The minimum absolute atomic E-state index is 0.0199. The predicted molar refractivity (Wildman–Crippen MR) is 102 cm³/mol. The fourth-order valence-corrected chi connectivity index (χ4v) is 3.11. The second-order valence-electron chi connectivity index (χ2n) is 5.76. The molecule has 0 heterocycles. The largest absolute Gasteiger partial charge is 0.311 e. The monoisotopic (exact) mass is 369 g/mol. The molecule has 2 aromatic rings. The summed E-state index contributed by atoms with van der Waals surface area (Å²) in [5, 5.41) is 19.6. The van der Waals surface area contributed by atoms with Gasteiger partial charge in [0, 0.05) is 29.3 Å². The normalized spacial score (nSPS) is 10.2. The first-order valence-corrected chi connectivity index (χ1v) is 9.02. The van der Waals surface area contributed by atoms with E-state index in [2.05, 4.69) is 6.07 Å². The number of nitro benzene ring substituents is 1. The summed E-state index contributed by atoms with van der Waals surface area (Å²) in [5.74, 6) is 0.0859. The molecule has 0 atom stereocenters. The van der Waals surface area contributed by atoms with Crippen LogP contribution in [-0.2, 0) is 4.79 Å². The maximum absolute atomic E-state index is 12.7. The van der Waals surface area contributed by atoms with Crippen molar-refractivity contribution in [3.8, 4) is 6.07 Å². The molecule has 2 rings (SSSR count). The van der Waals surface area contributed by atoms with E-state index in [9.17, 15) is 14.9 Å². The lowest BCUT2D eigenvalue weighted by molar-refractivity contribution is -0.384. The van der Waals surface area contributed by atoms with Gasteiger partial charge in [-0.15, -0.1) is 11.8 Å². The summed E-state index contributed by atoms with van der Waals surface area (Å²) < 4.78 is 0. The minimum Gasteiger partial charge on any atom is -0.311 e. The maximum atomic E-state index is 12.7. The second kappa shape index (κ2) is 9.02. The highest BCUT2D eigenvalue weighted by atomic mass is 32.2. The van der Waals surface area contributed by atoms with Crippen LogP contribution >= 0.6 is 11.8 Å². The Balaban J connectivity index is 2.09. The summed E-state index contributed by atoms with van der Waals surface area (Å²) in [6.45, 7) is 4.32. The molecule has 0 radical (unpaired) electrons. The van der Waals surface area contributed by atoms with E-state index in [1.165, 1.54) is 23.9 Å². The van der Waals surface area contributed by atoms with Crippen molar-refractivity contribution >= 4 is 29.0 Å². The van der Waals surface area contributed by atoms with Gasteiger partial charge in [0.2, 0.25) is 5.91 Å². The number of rotatable bonds is 7. The molecule has 0 N–H and O–H groups in total. The van der Waals surface area contributed by atoms with Crippen molar-refractivity contribution in [1.82, 2.24) is 0 Å². The minimum atomic E-state index is -0.455. The number of nitrogens with zero attached hydrogens (tertiary/aromatic N) is 3. The molecule has 134 valence electrons. The molecule has 0 bridgehead atoms. The van der Waals surface area contributed by atoms with Crippen LogP contribution in [0.1, 0.15) is 17.5 Å². The fourth-order valence-electron chi connectivity index (χ4n) is 2.34. The van der Waals surface area contributed by atoms with E-state index in [4.69, 9.17) is 5.26 Å². The van der Waals surface area contributed by atoms with Crippen LogP contribution in [0.3, 0.4) is 0 Å². The van der Waals surface area contributed by atoms with Gasteiger partial charge in [0.05, 0.1) is 23.2 Å². The van der Waals surface area contributed by atoms with Crippen molar-refractivity contribution in [2.24, 2.45) is 0 Å². The second-order valence-corrected chi connectivity index (χ2v) is 6.81. The first-order valence-electron chi connectivity index (χ1n) is 8.04. The van der Waals surface area contributed by atoms with Crippen LogP contribution in [0.5, 0.6) is 0 Å². The third-order valence-electron chi connectivity index (χ3n) is 3.96. The molecule has 0 aliphatic carbocycles. The first-order chi connectivity index (χ1) is 12.4. The Labute approximate surface area is 156 Å². The maximum Gasteiger partial charge on any atom is 0.269 e. The predicted octanol–water partition coefficient (Wildman–Crippen LogP) is 4.25. The van der Waals surface area contributed by atoms with Crippen molar-refractivity contribution in [3.05, 3.63) is 63.7 Å². The van der Waals surface area contributed by atoms with Crippen molar-refractivity contribution in [2.75, 3.05) is 17.2 Å². The third-order valence-corrected chi connectivity index (χ3v) is 4.96. The van der Waals surface area contributed by atoms with Crippen molar-refractivity contribution in [2.45, 2.75) is 25.2 Å². The van der Waals surface area contributed by atoms with Gasteiger partial charge in [-0.3, -0.25) is 14.9 Å². The number of hydrogen-bond acceptors (Lipinski definition) is 5. The van der Waals surface area contributed by atoms with E-state index >= 15 is 0 Å². The molecule has 1 amide bonds. The Bertz CT molecular complexity index is 844. The molecule has 26 heavy (non-hydrogen) atoms. The Morgan fingerprint density at radius 2 is 1.88 bits per heavy atom. The van der Waals surface area contributed by atoms with E-state index in [-0.39, 0.29) is 23.8 Å². The number of non-ortho nitro benzene ring substituents is 1. The van der Waals surface area contributed by atoms with E-state index in [0.717, 1.165) is 21.7 Å². The highest BCUT2D eigenvalue weighted by Crippen LogP contribution is 2.24. The summed E-state index contributed by atoms with van der Waals surface area (Å²) in [6, 6.07) is 14.0. The SMILES string of the molecule is Cc1ccc(N(CCC#N)C(=O)CSc2ccc([N+](=O)[O-])cc2)cc1C. The number of benzene rings is 2. The van der Waals surface area contributed by atoms with Crippen LogP contribution in [0.25, 0.3) is 0 Å². The molecule has 2 aromatic carbocycles. The summed E-state index contributed by atoms with van der Waals surface area (Å²) >= 11 is 1.32. The Kier molecular flexibility index (Phi) is 6.75. The Morgan fingerprint density at radius 3 is 2.46 bits per heavy atom. The van der Waals surface area contributed by atoms with Crippen LogP contribution in [0, 0.1) is 35.3 Å². The van der Waals surface area contributed by atoms with Gasteiger partial charge in [0.15, 0.2) is 0 Å². The lowest BCUT2D eigenvalue weighted by Gasteiger charge is -2.22. The van der Waals surface area contributed by atoms with Gasteiger partial charge in [-0.05, 0) is 49.2 Å². The highest BCUT2D eigenvalue weighted by molar-refractivity contribution is 8.00. The molecule has 6 nitrogen and oxygen atoms in total. The van der Waals surface area contributed by atoms with Gasteiger partial charge in [0.25, 0.3) is 5.69 Å². The number of aryl methyl sites for hydroxylation is 2. The zero-order chi connectivity index (χ0) is 19.1. The summed E-state index contributed by atoms with van der Waals surface area (Å²) in [4.78, 5) is 25.3. The molecule has 0 aliphatic heterocycles. The molecule has 0 aliphatic rings. The van der Waals surface area contributed by atoms with E-state index in [1.807, 2.05) is 32.0 Å². The van der Waals surface area contributed by atoms with Gasteiger partial charge in [0.1, 0.15) is 0 Å². The van der Waals surface area contributed by atoms with Gasteiger partial charge < -0.3 is 4.90 Å². The topological polar surface area (TPSA) is 87.2 Å². The third kappa shape index (κ3) is 5.07. The highest BCUT2D eigenvalue weighted by Gasteiger charge is 2.16. The number of thioether (sulfide) groups is 1. The average Bonchev–Trinajstić information content (AvgIpc) is 2.63. The number of hydrogen-bond donors (Lipinski definition) is 0. The summed E-state index contributed by atoms with van der Waals surface area (Å²) in [7, 11) is 0. The van der Waals surface area contributed by atoms with Gasteiger partial charge >= 0.3 is 0 Å². The van der Waals surface area contributed by atoms with Crippen molar-refractivity contribution < 1.29 is 9.72 Å². The number of carbonyl (C=O) groups excluding carboxylic acids is 1. The number of amides is 1. The van der Waals surface area contributed by atoms with Crippen LogP contribution < -0.4 is 4.90 Å². The summed E-state index contributed by atoms with van der Waals surface area (Å²) in [6.07, 6.45) is 0.251. The summed E-state index contributed by atoms with van der Waals surface area (Å²) in [5.41, 5.74) is 3.02. The number of anilines is 1. The van der Waals surface area contributed by atoms with E-state index in [0.29, 0.717) is 6.54 Å². The van der Waals surface area contributed by atoms with Crippen molar-refractivity contribution in [1.29, 1.82) is 5.26 Å². The number of carbonyl (C=O) groups is 1. The number of nitriles is 1. The van der Waals surface area contributed by atoms with Crippen LogP contribution in [0.4, 0.5) is 11.4 Å². The van der Waals surface area contributed by atoms with Crippen LogP contribution in [0.2, 0.25) is 0 Å². The molecule has 0 fully saturated rings. The first kappa shape index (κ1) is 19.5. The Morgan fingerprint density at radius 1 is 1.19 bits per heavy atom. The molecule has 0 aromatic heterocycles. The van der Waals surface area contributed by atoms with Crippen LogP contribution in [-0.4, -0.2) is 23.1 Å². The molecular formula is C19H19N3O3S. The lowest BCUT2D eigenvalue weighted by Crippen LogP contribution is -2.33. The van der Waals surface area contributed by atoms with Crippen molar-refractivity contribution in [3.63, 3.8) is 0 Å². The molecule has 0 spiro atoms. The van der Waals surface area contributed by atoms with Gasteiger partial charge in [-0.1, -0.05) is 6.07 Å². The lowest BCUT2D eigenvalue weighted by atomic mass is 10.1. The zero-order valence-electron chi connectivity index (χ0n) is 14.6. The Hall–Kier alpha value is -2.85. The zero-order valence-corrected chi connectivity index (χ0v) is 15.5.